The summed E-state index contributed by atoms with van der Waals surface area (Å²) in [5.74, 6) is 1.84. The Morgan fingerprint density at radius 2 is 1.74 bits per heavy atom. The predicted octanol–water partition coefficient (Wildman–Crippen LogP) is 2.14. The van der Waals surface area contributed by atoms with E-state index in [1.807, 2.05) is 44.2 Å². The summed E-state index contributed by atoms with van der Waals surface area (Å²) in [6, 6.07) is 10.9. The van der Waals surface area contributed by atoms with E-state index in [9.17, 15) is 4.79 Å². The van der Waals surface area contributed by atoms with Gasteiger partial charge in [0, 0.05) is 22.4 Å². The van der Waals surface area contributed by atoms with Crippen molar-refractivity contribution in [2.24, 2.45) is 4.99 Å². The lowest BCUT2D eigenvalue weighted by atomic mass is 10.1. The maximum atomic E-state index is 11.4. The first kappa shape index (κ1) is 17.0. The number of nitrogens with zero attached hydrogens (tertiary/aromatic N) is 3. The number of hydrogen-bond donors (Lipinski definition) is 0. The maximum absolute atomic E-state index is 11.4. The van der Waals surface area contributed by atoms with Gasteiger partial charge in [-0.3, -0.25) is 4.79 Å². The highest BCUT2D eigenvalue weighted by molar-refractivity contribution is 6.06. The fourth-order valence-corrected chi connectivity index (χ4v) is 2.83. The number of carbonyl (C=O) groups excluding carboxylic acids is 1. The number of ether oxygens (including phenoxy) is 2. The van der Waals surface area contributed by atoms with Gasteiger partial charge >= 0.3 is 0 Å². The molecule has 7 heteroatoms. The quantitative estimate of drug-likeness (QED) is 0.667. The van der Waals surface area contributed by atoms with Crippen molar-refractivity contribution in [3.05, 3.63) is 47.0 Å². The van der Waals surface area contributed by atoms with Gasteiger partial charge in [-0.15, -0.1) is 0 Å². The van der Waals surface area contributed by atoms with Gasteiger partial charge < -0.3 is 14.0 Å². The molecule has 3 aromatic rings. The Kier molecular flexibility index (Phi) is 4.42. The number of hydrogen-bond acceptors (Lipinski definition) is 6. The zero-order chi connectivity index (χ0) is 18.8. The van der Waals surface area contributed by atoms with Crippen molar-refractivity contribution in [3.8, 4) is 34.3 Å². The van der Waals surface area contributed by atoms with E-state index in [2.05, 4.69) is 15.1 Å². The molecule has 0 saturated heterocycles. The number of aromatic nitrogens is 2. The molecule has 1 aromatic heterocycles. The second-order valence-corrected chi connectivity index (χ2v) is 5.82. The van der Waals surface area contributed by atoms with E-state index in [1.165, 1.54) is 6.08 Å². The molecule has 0 atom stereocenters. The Morgan fingerprint density at radius 3 is 2.56 bits per heavy atom. The average molecular weight is 363 g/mol. The van der Waals surface area contributed by atoms with Gasteiger partial charge in [-0.05, 0) is 38.1 Å². The first-order valence-corrected chi connectivity index (χ1v) is 8.66. The average Bonchev–Trinajstić information content (AvgIpc) is 3.28. The normalized spacial score (nSPS) is 12.3. The molecular weight excluding hydrogens is 346 g/mol. The molecule has 0 aliphatic carbocycles. The summed E-state index contributed by atoms with van der Waals surface area (Å²) in [7, 11) is 0. The molecule has 4 rings (SSSR count). The summed E-state index contributed by atoms with van der Waals surface area (Å²) < 4.78 is 16.6. The first-order valence-electron chi connectivity index (χ1n) is 8.66. The van der Waals surface area contributed by atoms with E-state index >= 15 is 0 Å². The number of benzene rings is 2. The summed E-state index contributed by atoms with van der Waals surface area (Å²) in [6.45, 7) is 4.90. The molecule has 0 fully saturated rings. The van der Waals surface area contributed by atoms with Crippen molar-refractivity contribution in [2.75, 3.05) is 13.2 Å². The minimum atomic E-state index is -0.256. The van der Waals surface area contributed by atoms with Crippen LogP contribution >= 0.6 is 0 Å². The number of amides is 1. The molecule has 2 aromatic carbocycles. The van der Waals surface area contributed by atoms with Crippen LogP contribution in [0.1, 0.15) is 13.8 Å². The molecular formula is C20H17N3O4. The van der Waals surface area contributed by atoms with Gasteiger partial charge in [0.05, 0.1) is 18.6 Å². The molecule has 2 heterocycles. The van der Waals surface area contributed by atoms with Crippen LogP contribution in [-0.4, -0.2) is 29.3 Å². The van der Waals surface area contributed by atoms with Gasteiger partial charge in [-0.1, -0.05) is 17.3 Å². The maximum Gasteiger partial charge on any atom is 0.270 e. The predicted molar refractivity (Wildman–Crippen MR) is 97.8 cm³/mol. The van der Waals surface area contributed by atoms with Gasteiger partial charge in [0.1, 0.15) is 0 Å². The molecule has 0 saturated carbocycles. The van der Waals surface area contributed by atoms with E-state index in [0.717, 1.165) is 16.3 Å². The Hall–Kier alpha value is -3.48. The zero-order valence-electron chi connectivity index (χ0n) is 14.9. The van der Waals surface area contributed by atoms with E-state index in [-0.39, 0.29) is 5.91 Å². The summed E-state index contributed by atoms with van der Waals surface area (Å²) in [6.07, 6.45) is 1.50. The van der Waals surface area contributed by atoms with Crippen molar-refractivity contribution in [1.29, 1.82) is 0 Å². The van der Waals surface area contributed by atoms with Crippen molar-refractivity contribution >= 4 is 12.0 Å². The monoisotopic (exact) mass is 363 g/mol. The van der Waals surface area contributed by atoms with Crippen LogP contribution in [0.4, 0.5) is 0 Å². The molecule has 1 aliphatic heterocycles. The molecule has 0 unspecified atom stereocenters. The van der Waals surface area contributed by atoms with Crippen molar-refractivity contribution < 1.29 is 18.8 Å². The SMILES string of the molecule is CCOc1ccc(-c2nc(-c3ccc4c(c3)=NC(=O)C=4)no2)cc1OCC. The summed E-state index contributed by atoms with van der Waals surface area (Å²) in [4.78, 5) is 19.8. The standard InChI is InChI=1S/C20H17N3O4/c1-3-25-16-8-7-14(10-17(16)26-4-2)20-22-19(23-27-20)13-6-5-12-11-18(24)21-15(12)9-13/h5-11H,3-4H2,1-2H3. The Labute approximate surface area is 155 Å². The van der Waals surface area contributed by atoms with Crippen LogP contribution < -0.4 is 20.0 Å². The van der Waals surface area contributed by atoms with Crippen LogP contribution in [-0.2, 0) is 4.79 Å². The molecule has 27 heavy (non-hydrogen) atoms. The van der Waals surface area contributed by atoms with E-state index in [0.29, 0.717) is 41.8 Å². The minimum absolute atomic E-state index is 0.256. The molecule has 136 valence electrons. The molecule has 0 radical (unpaired) electrons. The molecule has 1 amide bonds. The van der Waals surface area contributed by atoms with Gasteiger partial charge in [-0.2, -0.15) is 4.98 Å². The summed E-state index contributed by atoms with van der Waals surface area (Å²) in [5.41, 5.74) is 1.46. The van der Waals surface area contributed by atoms with Crippen LogP contribution in [0, 0.1) is 0 Å². The largest absolute Gasteiger partial charge is 0.490 e. The van der Waals surface area contributed by atoms with Crippen LogP contribution in [0.2, 0.25) is 0 Å². The topological polar surface area (TPSA) is 86.8 Å². The molecule has 0 N–H and O–H groups in total. The number of rotatable bonds is 6. The summed E-state index contributed by atoms with van der Waals surface area (Å²) in [5, 5.41) is 5.45. The third kappa shape index (κ3) is 3.31. The molecule has 1 aliphatic rings. The minimum Gasteiger partial charge on any atom is -0.490 e. The Balaban J connectivity index is 1.68. The van der Waals surface area contributed by atoms with Gasteiger partial charge in [-0.25, -0.2) is 4.99 Å². The van der Waals surface area contributed by atoms with Crippen LogP contribution in [0.3, 0.4) is 0 Å². The third-order valence-corrected chi connectivity index (χ3v) is 4.01. The smallest absolute Gasteiger partial charge is 0.270 e. The van der Waals surface area contributed by atoms with Crippen molar-refractivity contribution in [1.82, 2.24) is 10.1 Å². The first-order chi connectivity index (χ1) is 13.2. The Bertz CT molecular complexity index is 1130. The van der Waals surface area contributed by atoms with Gasteiger partial charge in [0.15, 0.2) is 11.5 Å². The van der Waals surface area contributed by atoms with Gasteiger partial charge in [0.25, 0.3) is 11.8 Å². The van der Waals surface area contributed by atoms with Crippen molar-refractivity contribution in [3.63, 3.8) is 0 Å². The Morgan fingerprint density at radius 1 is 0.963 bits per heavy atom. The lowest BCUT2D eigenvalue weighted by Gasteiger charge is -2.11. The van der Waals surface area contributed by atoms with Crippen LogP contribution in [0.15, 0.2) is 45.9 Å². The van der Waals surface area contributed by atoms with E-state index in [4.69, 9.17) is 14.0 Å². The van der Waals surface area contributed by atoms with E-state index in [1.54, 1.807) is 6.07 Å². The van der Waals surface area contributed by atoms with Crippen LogP contribution in [0.5, 0.6) is 11.5 Å². The molecule has 0 bridgehead atoms. The van der Waals surface area contributed by atoms with E-state index < -0.39 is 0 Å². The number of carbonyl (C=O) groups is 1. The fourth-order valence-electron chi connectivity index (χ4n) is 2.83. The number of fused-ring (bicyclic) bond motifs is 1. The lowest BCUT2D eigenvalue weighted by molar-refractivity contribution is -0.112. The second kappa shape index (κ2) is 7.03. The second-order valence-electron chi connectivity index (χ2n) is 5.82. The molecule has 0 spiro atoms. The fraction of sp³-hybridized carbons (Fsp3) is 0.200. The van der Waals surface area contributed by atoms with Crippen LogP contribution in [0.25, 0.3) is 28.9 Å². The lowest BCUT2D eigenvalue weighted by Crippen LogP contribution is -2.20. The highest BCUT2D eigenvalue weighted by atomic mass is 16.5. The van der Waals surface area contributed by atoms with Crippen molar-refractivity contribution in [2.45, 2.75) is 13.8 Å². The van der Waals surface area contributed by atoms with Gasteiger partial charge in [0.2, 0.25) is 5.82 Å². The highest BCUT2D eigenvalue weighted by Crippen LogP contribution is 2.32. The molecule has 7 nitrogen and oxygen atoms in total. The third-order valence-electron chi connectivity index (χ3n) is 4.01. The zero-order valence-corrected chi connectivity index (χ0v) is 14.9. The highest BCUT2D eigenvalue weighted by Gasteiger charge is 2.15. The summed E-state index contributed by atoms with van der Waals surface area (Å²) >= 11 is 0.